The van der Waals surface area contributed by atoms with E-state index in [0.29, 0.717) is 18.1 Å². The molecule has 0 radical (unpaired) electrons. The average molecular weight is 261 g/mol. The van der Waals surface area contributed by atoms with E-state index in [4.69, 9.17) is 16.6 Å². The Morgan fingerprint density at radius 2 is 2.18 bits per heavy atom. The summed E-state index contributed by atoms with van der Waals surface area (Å²) in [6.45, 7) is 2.67. The first-order valence-corrected chi connectivity index (χ1v) is 7.06. The molecule has 0 aromatic carbocycles. The summed E-state index contributed by atoms with van der Waals surface area (Å²) in [4.78, 5) is 14.9. The number of hydrogen-bond acceptors (Lipinski definition) is 4. The van der Waals surface area contributed by atoms with Crippen LogP contribution < -0.4 is 11.5 Å². The van der Waals surface area contributed by atoms with Gasteiger partial charge in [-0.05, 0) is 25.0 Å². The van der Waals surface area contributed by atoms with E-state index in [1.807, 2.05) is 6.26 Å². The molecule has 0 aliphatic heterocycles. The fourth-order valence-electron chi connectivity index (χ4n) is 1.52. The zero-order valence-electron chi connectivity index (χ0n) is 10.6. The fraction of sp³-hybridized carbons (Fsp3) is 0.818. The number of nitrogens with two attached hydrogens (primary N) is 2. The van der Waals surface area contributed by atoms with Crippen LogP contribution >= 0.6 is 11.8 Å². The Hall–Kier alpha value is -0.750. The second kappa shape index (κ2) is 9.30. The van der Waals surface area contributed by atoms with Crippen LogP contribution in [0.25, 0.3) is 0 Å². The van der Waals surface area contributed by atoms with E-state index in [2.05, 4.69) is 11.9 Å². The van der Waals surface area contributed by atoms with Crippen molar-refractivity contribution in [3.63, 3.8) is 0 Å². The number of thioether (sulfide) groups is 1. The molecular formula is C11H23N3O2S. The van der Waals surface area contributed by atoms with Gasteiger partial charge >= 0.3 is 5.97 Å². The summed E-state index contributed by atoms with van der Waals surface area (Å²) in [5.41, 5.74) is 11.1. The van der Waals surface area contributed by atoms with Crippen molar-refractivity contribution in [3.8, 4) is 0 Å². The van der Waals surface area contributed by atoms with Crippen molar-refractivity contribution < 1.29 is 9.90 Å². The Morgan fingerprint density at radius 3 is 2.65 bits per heavy atom. The first-order chi connectivity index (χ1) is 8.01. The molecule has 0 spiro atoms. The van der Waals surface area contributed by atoms with Crippen LogP contribution in [-0.2, 0) is 4.79 Å². The molecule has 0 aromatic rings. The molecule has 100 valence electrons. The molecule has 2 atom stereocenters. The minimum atomic E-state index is -0.951. The number of rotatable bonds is 8. The van der Waals surface area contributed by atoms with Gasteiger partial charge in [-0.2, -0.15) is 0 Å². The van der Waals surface area contributed by atoms with E-state index in [1.54, 1.807) is 0 Å². The van der Waals surface area contributed by atoms with Gasteiger partial charge < -0.3 is 16.6 Å². The standard InChI is InChI=1S/C11H23N3O2S/c1-3-4-5-8(6-9(12)10(15)16)7-14-11(13)17-2/h8-9H,3-7,12H2,1-2H3,(H2,13,14)(H,15,16)/t8?,9-/m0/s1. The van der Waals surface area contributed by atoms with Gasteiger partial charge in [-0.3, -0.25) is 9.79 Å². The molecular weight excluding hydrogens is 238 g/mol. The third-order valence-corrected chi connectivity index (χ3v) is 3.13. The molecule has 5 nitrogen and oxygen atoms in total. The van der Waals surface area contributed by atoms with Crippen LogP contribution in [0.3, 0.4) is 0 Å². The zero-order chi connectivity index (χ0) is 13.3. The summed E-state index contributed by atoms with van der Waals surface area (Å²) in [5.74, 6) is -0.750. The highest BCUT2D eigenvalue weighted by Crippen LogP contribution is 2.15. The lowest BCUT2D eigenvalue weighted by molar-refractivity contribution is -0.138. The summed E-state index contributed by atoms with van der Waals surface area (Å²) < 4.78 is 0. The third-order valence-electron chi connectivity index (χ3n) is 2.58. The van der Waals surface area contributed by atoms with Crippen molar-refractivity contribution in [2.75, 3.05) is 12.8 Å². The Kier molecular flexibility index (Phi) is 8.89. The number of carboxylic acids is 1. The fourth-order valence-corrected chi connectivity index (χ4v) is 1.72. The van der Waals surface area contributed by atoms with Gasteiger partial charge in [0, 0.05) is 6.54 Å². The summed E-state index contributed by atoms with van der Waals surface area (Å²) in [7, 11) is 0. The summed E-state index contributed by atoms with van der Waals surface area (Å²) >= 11 is 1.40. The predicted molar refractivity (Wildman–Crippen MR) is 73.2 cm³/mol. The largest absolute Gasteiger partial charge is 0.480 e. The number of aliphatic carboxylic acids is 1. The van der Waals surface area contributed by atoms with Crippen LogP contribution in [0, 0.1) is 5.92 Å². The van der Waals surface area contributed by atoms with Gasteiger partial charge in [0.15, 0.2) is 5.17 Å². The molecule has 0 aliphatic carbocycles. The van der Waals surface area contributed by atoms with Crippen molar-refractivity contribution in [3.05, 3.63) is 0 Å². The highest BCUT2D eigenvalue weighted by molar-refractivity contribution is 8.13. The van der Waals surface area contributed by atoms with Crippen LogP contribution in [0.15, 0.2) is 4.99 Å². The van der Waals surface area contributed by atoms with Crippen LogP contribution in [-0.4, -0.2) is 35.1 Å². The Labute approximate surface area is 107 Å². The molecule has 0 aromatic heterocycles. The molecule has 1 unspecified atom stereocenters. The monoisotopic (exact) mass is 261 g/mol. The van der Waals surface area contributed by atoms with Crippen molar-refractivity contribution in [2.24, 2.45) is 22.4 Å². The second-order valence-corrected chi connectivity index (χ2v) is 4.90. The molecule has 0 heterocycles. The zero-order valence-corrected chi connectivity index (χ0v) is 11.4. The lowest BCUT2D eigenvalue weighted by Gasteiger charge is -2.16. The number of carboxylic acid groups (broad SMARTS) is 1. The van der Waals surface area contributed by atoms with Crippen LogP contribution in [0.4, 0.5) is 0 Å². The normalized spacial score (nSPS) is 15.6. The first kappa shape index (κ1) is 16.2. The highest BCUT2D eigenvalue weighted by atomic mass is 32.2. The molecule has 0 rings (SSSR count). The van der Waals surface area contributed by atoms with E-state index < -0.39 is 12.0 Å². The number of carbonyl (C=O) groups is 1. The lowest BCUT2D eigenvalue weighted by Crippen LogP contribution is -2.33. The van der Waals surface area contributed by atoms with Gasteiger partial charge in [-0.25, -0.2) is 0 Å². The summed E-state index contributed by atoms with van der Waals surface area (Å²) in [5, 5.41) is 9.33. The number of unbranched alkanes of at least 4 members (excludes halogenated alkanes) is 1. The van der Waals surface area contributed by atoms with Gasteiger partial charge in [-0.15, -0.1) is 0 Å². The molecule has 0 saturated heterocycles. The van der Waals surface area contributed by atoms with Crippen LogP contribution in [0.2, 0.25) is 0 Å². The summed E-state index contributed by atoms with van der Waals surface area (Å²) in [6.07, 6.45) is 5.41. The van der Waals surface area contributed by atoms with Gasteiger partial charge in [-0.1, -0.05) is 31.5 Å². The predicted octanol–water partition coefficient (Wildman–Crippen LogP) is 1.27. The van der Waals surface area contributed by atoms with Gasteiger partial charge in [0.2, 0.25) is 0 Å². The smallest absolute Gasteiger partial charge is 0.320 e. The van der Waals surface area contributed by atoms with E-state index >= 15 is 0 Å². The Bertz CT molecular complexity index is 259. The maximum atomic E-state index is 10.7. The molecule has 0 amide bonds. The van der Waals surface area contributed by atoms with Gasteiger partial charge in [0.05, 0.1) is 0 Å². The van der Waals surface area contributed by atoms with E-state index in [1.165, 1.54) is 11.8 Å². The Morgan fingerprint density at radius 1 is 1.53 bits per heavy atom. The second-order valence-electron chi connectivity index (χ2n) is 4.07. The quantitative estimate of drug-likeness (QED) is 0.451. The van der Waals surface area contributed by atoms with E-state index in [-0.39, 0.29) is 5.92 Å². The third kappa shape index (κ3) is 8.04. The number of nitrogens with zero attached hydrogens (tertiary/aromatic N) is 1. The lowest BCUT2D eigenvalue weighted by atomic mass is 9.95. The Balaban J connectivity index is 4.27. The molecule has 0 saturated carbocycles. The highest BCUT2D eigenvalue weighted by Gasteiger charge is 2.18. The van der Waals surface area contributed by atoms with Crippen molar-refractivity contribution in [1.82, 2.24) is 0 Å². The van der Waals surface area contributed by atoms with Gasteiger partial charge in [0.25, 0.3) is 0 Å². The number of hydrogen-bond donors (Lipinski definition) is 3. The number of amidine groups is 1. The van der Waals surface area contributed by atoms with Crippen LogP contribution in [0.5, 0.6) is 0 Å². The molecule has 6 heteroatoms. The van der Waals surface area contributed by atoms with E-state index in [0.717, 1.165) is 19.3 Å². The summed E-state index contributed by atoms with van der Waals surface area (Å²) in [6, 6.07) is -0.803. The molecule has 0 aliphatic rings. The minimum absolute atomic E-state index is 0.201. The topological polar surface area (TPSA) is 102 Å². The maximum Gasteiger partial charge on any atom is 0.320 e. The minimum Gasteiger partial charge on any atom is -0.480 e. The first-order valence-electron chi connectivity index (χ1n) is 5.83. The maximum absolute atomic E-state index is 10.7. The molecule has 0 bridgehead atoms. The van der Waals surface area contributed by atoms with Crippen LogP contribution in [0.1, 0.15) is 32.6 Å². The molecule has 17 heavy (non-hydrogen) atoms. The van der Waals surface area contributed by atoms with Crippen molar-refractivity contribution in [1.29, 1.82) is 0 Å². The molecule has 5 N–H and O–H groups in total. The van der Waals surface area contributed by atoms with E-state index in [9.17, 15) is 4.79 Å². The number of aliphatic imine (C=N–C) groups is 1. The average Bonchev–Trinajstić information content (AvgIpc) is 2.31. The SMILES string of the molecule is CCCCC(CN=C(N)SC)C[C@H](N)C(=O)O. The van der Waals surface area contributed by atoms with Gasteiger partial charge in [0.1, 0.15) is 6.04 Å². The van der Waals surface area contributed by atoms with Crippen molar-refractivity contribution in [2.45, 2.75) is 38.6 Å². The molecule has 0 fully saturated rings. The van der Waals surface area contributed by atoms with Crippen molar-refractivity contribution >= 4 is 22.9 Å².